The Morgan fingerprint density at radius 1 is 1.07 bits per heavy atom. The largest absolute Gasteiger partial charge is 0.328 e. The number of rotatable bonds is 5. The van der Waals surface area contributed by atoms with Gasteiger partial charge in [-0.3, -0.25) is 19.0 Å². The van der Waals surface area contributed by atoms with Crippen LogP contribution in [0.3, 0.4) is 0 Å². The Morgan fingerprint density at radius 3 is 2.53 bits per heavy atom. The zero-order valence-electron chi connectivity index (χ0n) is 15.4. The number of carbonyl (C=O) groups is 1. The summed E-state index contributed by atoms with van der Waals surface area (Å²) in [7, 11) is 0. The van der Waals surface area contributed by atoms with Crippen molar-refractivity contribution < 1.29 is 4.79 Å². The molecular weight excluding hydrogens is 406 g/mol. The minimum atomic E-state index is -0.668. The highest BCUT2D eigenvalue weighted by molar-refractivity contribution is 7.09. The lowest BCUT2D eigenvalue weighted by molar-refractivity contribution is 0.102. The first kappa shape index (κ1) is 19.3. The number of aromatic nitrogens is 4. The minimum absolute atomic E-state index is 0.0911. The van der Waals surface area contributed by atoms with E-state index in [0.29, 0.717) is 11.4 Å². The Hall–Kier alpha value is -4.05. The predicted octanol–water partition coefficient (Wildman–Crippen LogP) is 1.65. The molecule has 4 rings (SSSR count). The number of nitrogens with zero attached hydrogens (tertiary/aromatic N) is 2. The van der Waals surface area contributed by atoms with Gasteiger partial charge in [-0.15, -0.1) is 11.3 Å². The van der Waals surface area contributed by atoms with Crippen molar-refractivity contribution in [2.75, 3.05) is 5.32 Å². The molecule has 0 bridgehead atoms. The molecular formula is C20H15N5O4S. The van der Waals surface area contributed by atoms with Crippen molar-refractivity contribution in [1.29, 1.82) is 0 Å². The number of thiophene rings is 1. The maximum Gasteiger partial charge on any atom is 0.328 e. The number of aromatic amines is 2. The van der Waals surface area contributed by atoms with E-state index in [-0.39, 0.29) is 17.7 Å². The Balaban J connectivity index is 1.55. The number of H-pyrrole nitrogens is 2. The van der Waals surface area contributed by atoms with E-state index >= 15 is 0 Å². The molecule has 150 valence electrons. The van der Waals surface area contributed by atoms with Crippen molar-refractivity contribution in [1.82, 2.24) is 19.7 Å². The second-order valence-electron chi connectivity index (χ2n) is 6.32. The fourth-order valence-corrected chi connectivity index (χ4v) is 3.50. The average molecular weight is 421 g/mol. The van der Waals surface area contributed by atoms with Crippen molar-refractivity contribution in [2.24, 2.45) is 0 Å². The van der Waals surface area contributed by atoms with E-state index in [1.54, 1.807) is 30.3 Å². The highest BCUT2D eigenvalue weighted by Crippen LogP contribution is 2.18. The van der Waals surface area contributed by atoms with Crippen LogP contribution in [0.4, 0.5) is 5.69 Å². The molecule has 4 aromatic rings. The number of carbonyl (C=O) groups excluding carboxylic acids is 1. The van der Waals surface area contributed by atoms with Gasteiger partial charge in [-0.2, -0.15) is 5.10 Å². The van der Waals surface area contributed by atoms with Crippen LogP contribution in [-0.2, 0) is 6.54 Å². The maximum absolute atomic E-state index is 12.7. The van der Waals surface area contributed by atoms with Gasteiger partial charge in [0.15, 0.2) is 0 Å². The third-order valence-corrected chi connectivity index (χ3v) is 5.18. The van der Waals surface area contributed by atoms with Crippen LogP contribution in [0.2, 0.25) is 0 Å². The fraction of sp³-hybridized carbons (Fsp3) is 0.0500. The van der Waals surface area contributed by atoms with Crippen LogP contribution in [0.1, 0.15) is 15.2 Å². The third kappa shape index (κ3) is 4.03. The second kappa shape index (κ2) is 8.13. The molecule has 10 heteroatoms. The van der Waals surface area contributed by atoms with Gasteiger partial charge >= 0.3 is 5.69 Å². The Kier molecular flexibility index (Phi) is 5.22. The van der Waals surface area contributed by atoms with Gasteiger partial charge in [0.05, 0.1) is 12.2 Å². The Labute approximate surface area is 172 Å². The second-order valence-corrected chi connectivity index (χ2v) is 7.35. The number of hydrogen-bond donors (Lipinski definition) is 3. The summed E-state index contributed by atoms with van der Waals surface area (Å²) in [6.45, 7) is 0.0911. The van der Waals surface area contributed by atoms with E-state index in [1.165, 1.54) is 17.4 Å². The van der Waals surface area contributed by atoms with Crippen molar-refractivity contribution in [2.45, 2.75) is 6.54 Å². The van der Waals surface area contributed by atoms with E-state index in [2.05, 4.69) is 20.5 Å². The first-order chi connectivity index (χ1) is 14.5. The quantitative estimate of drug-likeness (QED) is 0.451. The van der Waals surface area contributed by atoms with E-state index in [0.717, 1.165) is 21.2 Å². The predicted molar refractivity (Wildman–Crippen MR) is 113 cm³/mol. The summed E-state index contributed by atoms with van der Waals surface area (Å²) in [5.41, 5.74) is 0.0620. The Morgan fingerprint density at radius 2 is 1.87 bits per heavy atom. The molecule has 0 atom stereocenters. The van der Waals surface area contributed by atoms with Gasteiger partial charge in [-0.25, -0.2) is 9.89 Å². The normalized spacial score (nSPS) is 10.7. The minimum Gasteiger partial charge on any atom is -0.322 e. The average Bonchev–Trinajstić information content (AvgIpc) is 3.25. The standard InChI is InChI=1S/C20H15N5O4S/c26-17-8-7-16(23-24-17)12-3-5-13(6-4-12)22-18(27)15-10-21-20(29)25(19(15)28)11-14-2-1-9-30-14/h1-10H,11H2,(H,21,29)(H,22,27)(H,24,26). The van der Waals surface area contributed by atoms with Gasteiger partial charge in [0.2, 0.25) is 0 Å². The van der Waals surface area contributed by atoms with Crippen LogP contribution in [-0.4, -0.2) is 25.7 Å². The molecule has 0 saturated carbocycles. The monoisotopic (exact) mass is 421 g/mol. The topological polar surface area (TPSA) is 130 Å². The lowest BCUT2D eigenvalue weighted by Gasteiger charge is -2.08. The SMILES string of the molecule is O=C(Nc1ccc(-c2ccc(=O)[nH]n2)cc1)c1c[nH]c(=O)n(Cc2cccs2)c1=O. The summed E-state index contributed by atoms with van der Waals surface area (Å²) in [6.07, 6.45) is 1.11. The van der Waals surface area contributed by atoms with Crippen LogP contribution in [0.5, 0.6) is 0 Å². The van der Waals surface area contributed by atoms with Gasteiger partial charge in [-0.05, 0) is 29.6 Å². The highest BCUT2D eigenvalue weighted by atomic mass is 32.1. The molecule has 3 aromatic heterocycles. The fourth-order valence-electron chi connectivity index (χ4n) is 2.80. The molecule has 1 amide bonds. The molecule has 0 spiro atoms. The van der Waals surface area contributed by atoms with Gasteiger partial charge in [0, 0.05) is 28.4 Å². The molecule has 30 heavy (non-hydrogen) atoms. The molecule has 0 aliphatic heterocycles. The van der Waals surface area contributed by atoms with Crippen molar-refractivity contribution in [3.05, 3.63) is 102 Å². The van der Waals surface area contributed by atoms with E-state index in [4.69, 9.17) is 0 Å². The van der Waals surface area contributed by atoms with Gasteiger partial charge in [-0.1, -0.05) is 18.2 Å². The van der Waals surface area contributed by atoms with Crippen LogP contribution in [0, 0.1) is 0 Å². The van der Waals surface area contributed by atoms with E-state index in [1.807, 2.05) is 17.5 Å². The summed E-state index contributed by atoms with van der Waals surface area (Å²) in [5, 5.41) is 10.8. The molecule has 0 aliphatic carbocycles. The third-order valence-electron chi connectivity index (χ3n) is 4.32. The van der Waals surface area contributed by atoms with Gasteiger partial charge < -0.3 is 10.3 Å². The Bertz CT molecular complexity index is 1350. The summed E-state index contributed by atoms with van der Waals surface area (Å²) < 4.78 is 0.992. The molecule has 3 heterocycles. The zero-order valence-corrected chi connectivity index (χ0v) is 16.2. The van der Waals surface area contributed by atoms with Gasteiger partial charge in [0.1, 0.15) is 5.56 Å². The van der Waals surface area contributed by atoms with Crippen molar-refractivity contribution in [3.8, 4) is 11.3 Å². The van der Waals surface area contributed by atoms with Crippen molar-refractivity contribution in [3.63, 3.8) is 0 Å². The molecule has 0 radical (unpaired) electrons. The molecule has 0 saturated heterocycles. The summed E-state index contributed by atoms with van der Waals surface area (Å²) in [5.74, 6) is -0.633. The van der Waals surface area contributed by atoms with E-state index < -0.39 is 17.2 Å². The molecule has 0 fully saturated rings. The first-order valence-electron chi connectivity index (χ1n) is 8.84. The van der Waals surface area contributed by atoms with Crippen LogP contribution >= 0.6 is 11.3 Å². The lowest BCUT2D eigenvalue weighted by Crippen LogP contribution is -2.39. The number of anilines is 1. The smallest absolute Gasteiger partial charge is 0.322 e. The molecule has 3 N–H and O–H groups in total. The summed E-state index contributed by atoms with van der Waals surface area (Å²) >= 11 is 1.41. The lowest BCUT2D eigenvalue weighted by atomic mass is 10.1. The van der Waals surface area contributed by atoms with Crippen LogP contribution in [0.15, 0.2) is 74.5 Å². The van der Waals surface area contributed by atoms with Crippen LogP contribution < -0.4 is 22.1 Å². The maximum atomic E-state index is 12.7. The molecule has 1 aromatic carbocycles. The number of nitrogens with one attached hydrogen (secondary N) is 3. The number of amides is 1. The number of benzene rings is 1. The number of hydrogen-bond acceptors (Lipinski definition) is 6. The highest BCUT2D eigenvalue weighted by Gasteiger charge is 2.15. The molecule has 9 nitrogen and oxygen atoms in total. The first-order valence-corrected chi connectivity index (χ1v) is 9.71. The van der Waals surface area contributed by atoms with E-state index in [9.17, 15) is 19.2 Å². The molecule has 0 unspecified atom stereocenters. The zero-order chi connectivity index (χ0) is 21.1. The van der Waals surface area contributed by atoms with Gasteiger partial charge in [0.25, 0.3) is 17.0 Å². The molecule has 0 aliphatic rings. The van der Waals surface area contributed by atoms with Crippen molar-refractivity contribution >= 4 is 22.9 Å². The summed E-state index contributed by atoms with van der Waals surface area (Å²) in [4.78, 5) is 51.7. The summed E-state index contributed by atoms with van der Waals surface area (Å²) in [6, 6.07) is 13.3. The van der Waals surface area contributed by atoms with Crippen LogP contribution in [0.25, 0.3) is 11.3 Å².